The van der Waals surface area contributed by atoms with Gasteiger partial charge in [-0.3, -0.25) is 9.78 Å². The third-order valence-electron chi connectivity index (χ3n) is 2.85. The van der Waals surface area contributed by atoms with Gasteiger partial charge < -0.3 is 10.2 Å². The molecule has 0 aliphatic rings. The molecule has 0 amide bonds. The number of oxazole rings is 1. The van der Waals surface area contributed by atoms with E-state index in [0.29, 0.717) is 29.6 Å². The first-order valence-electron chi connectivity index (χ1n) is 5.53. The van der Waals surface area contributed by atoms with Crippen LogP contribution in [-0.2, 0) is 0 Å². The van der Waals surface area contributed by atoms with Crippen LogP contribution in [-0.4, -0.2) is 17.3 Å². The zero-order valence-corrected chi connectivity index (χ0v) is 9.53. The Bertz CT molecular complexity index is 593. The zero-order chi connectivity index (χ0) is 12.4. The number of hydrogen-bond acceptors (Lipinski definition) is 4. The molecule has 5 nitrogen and oxygen atoms in total. The summed E-state index contributed by atoms with van der Waals surface area (Å²) in [5, 5.41) is 0. The van der Waals surface area contributed by atoms with E-state index in [4.69, 9.17) is 10.2 Å². The Hall–Kier alpha value is -1.88. The van der Waals surface area contributed by atoms with Crippen LogP contribution >= 0.6 is 0 Å². The Balaban J connectivity index is 2.42. The van der Waals surface area contributed by atoms with Crippen LogP contribution in [0.3, 0.4) is 0 Å². The van der Waals surface area contributed by atoms with Crippen molar-refractivity contribution in [1.82, 2.24) is 4.98 Å². The van der Waals surface area contributed by atoms with E-state index in [1.807, 2.05) is 6.92 Å². The monoisotopic (exact) mass is 234 g/mol. The van der Waals surface area contributed by atoms with Crippen LogP contribution in [0.5, 0.6) is 0 Å². The van der Waals surface area contributed by atoms with Gasteiger partial charge in [-0.2, -0.15) is 0 Å². The van der Waals surface area contributed by atoms with Crippen LogP contribution in [0.1, 0.15) is 23.7 Å². The Morgan fingerprint density at radius 1 is 1.53 bits per heavy atom. The fourth-order valence-electron chi connectivity index (χ4n) is 1.79. The van der Waals surface area contributed by atoms with E-state index in [0.717, 1.165) is 0 Å². The minimum atomic E-state index is -0.518. The Morgan fingerprint density at radius 2 is 2.29 bits per heavy atom. The first-order valence-corrected chi connectivity index (χ1v) is 5.53. The van der Waals surface area contributed by atoms with E-state index < -0.39 is 5.76 Å². The van der Waals surface area contributed by atoms with Gasteiger partial charge in [0.2, 0.25) is 0 Å². The molecule has 1 heterocycles. The summed E-state index contributed by atoms with van der Waals surface area (Å²) in [6.45, 7) is 2.24. The zero-order valence-electron chi connectivity index (χ0n) is 9.53. The number of carbonyl (C=O) groups excluding carboxylic acids is 1. The fourth-order valence-corrected chi connectivity index (χ4v) is 1.79. The van der Waals surface area contributed by atoms with Gasteiger partial charge in [-0.1, -0.05) is 6.92 Å². The van der Waals surface area contributed by atoms with Crippen molar-refractivity contribution in [2.75, 3.05) is 6.54 Å². The lowest BCUT2D eigenvalue weighted by Gasteiger charge is -2.10. The lowest BCUT2D eigenvalue weighted by molar-refractivity contribution is 0.0921. The summed E-state index contributed by atoms with van der Waals surface area (Å²) in [5.41, 5.74) is 7.05. The second-order valence-electron chi connectivity index (χ2n) is 3.93. The maximum atomic E-state index is 12.0. The number of rotatable bonds is 4. The number of nitrogens with two attached hydrogens (primary N) is 1. The van der Waals surface area contributed by atoms with Gasteiger partial charge in [0, 0.05) is 18.0 Å². The highest BCUT2D eigenvalue weighted by Crippen LogP contribution is 2.16. The minimum Gasteiger partial charge on any atom is -0.408 e. The van der Waals surface area contributed by atoms with E-state index in [-0.39, 0.29) is 11.7 Å². The van der Waals surface area contributed by atoms with E-state index in [1.165, 1.54) is 0 Å². The van der Waals surface area contributed by atoms with Gasteiger partial charge in [-0.25, -0.2) is 4.79 Å². The predicted molar refractivity (Wildman–Crippen MR) is 64.0 cm³/mol. The highest BCUT2D eigenvalue weighted by atomic mass is 16.4. The van der Waals surface area contributed by atoms with Crippen molar-refractivity contribution in [2.24, 2.45) is 11.7 Å². The van der Waals surface area contributed by atoms with Crippen LogP contribution < -0.4 is 11.5 Å². The maximum absolute atomic E-state index is 12.0. The first-order chi connectivity index (χ1) is 8.15. The van der Waals surface area contributed by atoms with Crippen molar-refractivity contribution in [3.8, 4) is 0 Å². The van der Waals surface area contributed by atoms with Crippen LogP contribution in [0.2, 0.25) is 0 Å². The lowest BCUT2D eigenvalue weighted by atomic mass is 9.95. The number of ketones is 1. The summed E-state index contributed by atoms with van der Waals surface area (Å²) in [6, 6.07) is 4.92. The van der Waals surface area contributed by atoms with Gasteiger partial charge in [-0.05, 0) is 24.6 Å². The number of nitrogens with one attached hydrogen (secondary N) is 1. The molecule has 90 valence electrons. The molecule has 0 spiro atoms. The van der Waals surface area contributed by atoms with Crippen molar-refractivity contribution in [3.63, 3.8) is 0 Å². The summed E-state index contributed by atoms with van der Waals surface area (Å²) in [5.74, 6) is -0.714. The lowest BCUT2D eigenvalue weighted by Crippen LogP contribution is -2.22. The average Bonchev–Trinajstić information content (AvgIpc) is 2.69. The molecule has 0 aliphatic carbocycles. The molecule has 0 bridgehead atoms. The highest BCUT2D eigenvalue weighted by molar-refractivity contribution is 6.00. The van der Waals surface area contributed by atoms with E-state index in [1.54, 1.807) is 18.2 Å². The predicted octanol–water partition coefficient (Wildman–Crippen LogP) is 1.29. The molecular formula is C12H14N2O3. The number of aromatic amines is 1. The standard InChI is InChI=1S/C12H14N2O3/c1-2-7(6-13)11(15)8-3-4-9-10(5-8)17-12(16)14-9/h3-5,7H,2,6,13H2,1H3,(H,14,16). The number of hydrogen-bond donors (Lipinski definition) is 2. The van der Waals surface area contributed by atoms with Crippen molar-refractivity contribution < 1.29 is 9.21 Å². The quantitative estimate of drug-likeness (QED) is 0.780. The van der Waals surface area contributed by atoms with Crippen LogP contribution in [0, 0.1) is 5.92 Å². The Kier molecular flexibility index (Phi) is 3.10. The highest BCUT2D eigenvalue weighted by Gasteiger charge is 2.17. The first kappa shape index (κ1) is 11.6. The summed E-state index contributed by atoms with van der Waals surface area (Å²) >= 11 is 0. The van der Waals surface area contributed by atoms with E-state index in [2.05, 4.69) is 4.98 Å². The molecular weight excluding hydrogens is 220 g/mol. The topological polar surface area (TPSA) is 89.1 Å². The van der Waals surface area contributed by atoms with Crippen molar-refractivity contribution in [2.45, 2.75) is 13.3 Å². The number of H-pyrrole nitrogens is 1. The van der Waals surface area contributed by atoms with E-state index >= 15 is 0 Å². The maximum Gasteiger partial charge on any atom is 0.417 e. The molecule has 0 saturated carbocycles. The third-order valence-corrected chi connectivity index (χ3v) is 2.85. The summed E-state index contributed by atoms with van der Waals surface area (Å²) in [6.07, 6.45) is 0.699. The molecule has 17 heavy (non-hydrogen) atoms. The summed E-state index contributed by atoms with van der Waals surface area (Å²) in [4.78, 5) is 25.6. The summed E-state index contributed by atoms with van der Waals surface area (Å²) in [7, 11) is 0. The molecule has 5 heteroatoms. The minimum absolute atomic E-state index is 0.0132. The summed E-state index contributed by atoms with van der Waals surface area (Å²) < 4.78 is 4.91. The molecule has 1 atom stereocenters. The van der Waals surface area contributed by atoms with Crippen molar-refractivity contribution in [3.05, 3.63) is 34.3 Å². The van der Waals surface area contributed by atoms with E-state index in [9.17, 15) is 9.59 Å². The molecule has 2 rings (SSSR count). The second kappa shape index (κ2) is 4.55. The van der Waals surface area contributed by atoms with Gasteiger partial charge in [0.15, 0.2) is 11.4 Å². The second-order valence-corrected chi connectivity index (χ2v) is 3.93. The van der Waals surface area contributed by atoms with Crippen LogP contribution in [0.25, 0.3) is 11.1 Å². The number of carbonyl (C=O) groups is 1. The Labute approximate surface area is 97.6 Å². The average molecular weight is 234 g/mol. The molecule has 0 aliphatic heterocycles. The van der Waals surface area contributed by atoms with Gasteiger partial charge >= 0.3 is 5.76 Å². The molecule has 0 saturated heterocycles. The largest absolute Gasteiger partial charge is 0.417 e. The van der Waals surface area contributed by atoms with Crippen LogP contribution in [0.4, 0.5) is 0 Å². The molecule has 2 aromatic rings. The molecule has 0 radical (unpaired) electrons. The Morgan fingerprint density at radius 3 is 2.94 bits per heavy atom. The SMILES string of the molecule is CCC(CN)C(=O)c1ccc2[nH]c(=O)oc2c1. The molecule has 1 aromatic carbocycles. The van der Waals surface area contributed by atoms with Gasteiger partial charge in [0.25, 0.3) is 0 Å². The molecule has 0 fully saturated rings. The number of benzene rings is 1. The normalized spacial score (nSPS) is 12.8. The fraction of sp³-hybridized carbons (Fsp3) is 0.333. The van der Waals surface area contributed by atoms with Crippen molar-refractivity contribution in [1.29, 1.82) is 0 Å². The molecule has 3 N–H and O–H groups in total. The van der Waals surface area contributed by atoms with Gasteiger partial charge in [0.1, 0.15) is 0 Å². The molecule has 1 aromatic heterocycles. The number of aromatic nitrogens is 1. The van der Waals surface area contributed by atoms with Gasteiger partial charge in [0.05, 0.1) is 5.52 Å². The third kappa shape index (κ3) is 2.14. The molecule has 1 unspecified atom stereocenters. The van der Waals surface area contributed by atoms with Crippen LogP contribution in [0.15, 0.2) is 27.4 Å². The number of Topliss-reactive ketones (excluding diaryl/α,β-unsaturated/α-hetero) is 1. The van der Waals surface area contributed by atoms with Gasteiger partial charge in [-0.15, -0.1) is 0 Å². The smallest absolute Gasteiger partial charge is 0.408 e. The number of fused-ring (bicyclic) bond motifs is 1. The van der Waals surface area contributed by atoms with Crippen molar-refractivity contribution >= 4 is 16.9 Å².